The normalized spacial score (nSPS) is 15.4. The molecule has 1 aliphatic carbocycles. The van der Waals surface area contributed by atoms with E-state index in [-0.39, 0.29) is 0 Å². The highest BCUT2D eigenvalue weighted by atomic mass is 15.1. The second kappa shape index (κ2) is 4.84. The van der Waals surface area contributed by atoms with Crippen LogP contribution >= 0.6 is 0 Å². The molecular formula is C16H17N5. The first kappa shape index (κ1) is 12.3. The first-order valence-corrected chi connectivity index (χ1v) is 7.33. The van der Waals surface area contributed by atoms with Crippen LogP contribution in [0.25, 0.3) is 27.9 Å². The van der Waals surface area contributed by atoms with E-state index < -0.39 is 0 Å². The van der Waals surface area contributed by atoms with Crippen molar-refractivity contribution in [2.75, 3.05) is 0 Å². The monoisotopic (exact) mass is 279 g/mol. The van der Waals surface area contributed by atoms with Crippen LogP contribution in [0.5, 0.6) is 0 Å². The van der Waals surface area contributed by atoms with E-state index in [1.54, 1.807) is 0 Å². The molecule has 1 aliphatic rings. The first-order chi connectivity index (χ1) is 10.3. The van der Waals surface area contributed by atoms with Gasteiger partial charge in [-0.1, -0.05) is 6.08 Å². The molecule has 3 aromatic heterocycles. The van der Waals surface area contributed by atoms with E-state index in [9.17, 15) is 0 Å². The Morgan fingerprint density at radius 1 is 1.24 bits per heavy atom. The van der Waals surface area contributed by atoms with E-state index in [1.807, 2.05) is 30.2 Å². The molecule has 0 unspecified atom stereocenters. The maximum Gasteiger partial charge on any atom is 0.159 e. The van der Waals surface area contributed by atoms with E-state index in [4.69, 9.17) is 4.98 Å². The van der Waals surface area contributed by atoms with Crippen molar-refractivity contribution in [1.29, 1.82) is 0 Å². The van der Waals surface area contributed by atoms with Crippen LogP contribution < -0.4 is 0 Å². The zero-order valence-electron chi connectivity index (χ0n) is 12.0. The molecule has 0 atom stereocenters. The molecule has 1 N–H and O–H groups in total. The van der Waals surface area contributed by atoms with Gasteiger partial charge in [0.15, 0.2) is 5.65 Å². The Morgan fingerprint density at radius 2 is 2.19 bits per heavy atom. The molecule has 0 fully saturated rings. The molecule has 21 heavy (non-hydrogen) atoms. The molecule has 106 valence electrons. The Kier molecular flexibility index (Phi) is 2.84. The Bertz CT molecular complexity index is 811. The third-order valence-corrected chi connectivity index (χ3v) is 4.09. The highest BCUT2D eigenvalue weighted by Gasteiger charge is 2.15. The molecule has 5 heteroatoms. The van der Waals surface area contributed by atoms with Crippen LogP contribution in [-0.2, 0) is 7.05 Å². The van der Waals surface area contributed by atoms with Gasteiger partial charge in [0.1, 0.15) is 5.52 Å². The number of aryl methyl sites for hydroxylation is 1. The average molecular weight is 279 g/mol. The number of nitrogens with one attached hydrogen (secondary N) is 1. The third-order valence-electron chi connectivity index (χ3n) is 4.09. The Balaban J connectivity index is 1.90. The van der Waals surface area contributed by atoms with Crippen molar-refractivity contribution in [3.63, 3.8) is 0 Å². The van der Waals surface area contributed by atoms with Gasteiger partial charge in [0.25, 0.3) is 0 Å². The number of aromatic amines is 1. The molecule has 5 nitrogen and oxygen atoms in total. The van der Waals surface area contributed by atoms with E-state index in [0.29, 0.717) is 0 Å². The number of fused-ring (bicyclic) bond motifs is 1. The zero-order valence-corrected chi connectivity index (χ0v) is 12.0. The molecule has 4 rings (SSSR count). The van der Waals surface area contributed by atoms with Gasteiger partial charge in [-0.05, 0) is 31.3 Å². The van der Waals surface area contributed by atoms with Crippen molar-refractivity contribution in [3.05, 3.63) is 36.6 Å². The summed E-state index contributed by atoms with van der Waals surface area (Å²) in [6.07, 6.45) is 14.8. The highest BCUT2D eigenvalue weighted by molar-refractivity contribution is 5.91. The van der Waals surface area contributed by atoms with Crippen LogP contribution in [0.2, 0.25) is 0 Å². The fraction of sp³-hybridized carbons (Fsp3) is 0.312. The number of aromatic nitrogens is 5. The van der Waals surface area contributed by atoms with Crippen molar-refractivity contribution in [1.82, 2.24) is 24.7 Å². The molecule has 0 bridgehead atoms. The molecule has 3 heterocycles. The lowest BCUT2D eigenvalue weighted by molar-refractivity contribution is 0.740. The summed E-state index contributed by atoms with van der Waals surface area (Å²) in [6.45, 7) is 0. The van der Waals surface area contributed by atoms with Crippen LogP contribution in [0.15, 0.2) is 30.9 Å². The van der Waals surface area contributed by atoms with E-state index in [2.05, 4.69) is 27.5 Å². The van der Waals surface area contributed by atoms with Gasteiger partial charge in [0.2, 0.25) is 0 Å². The number of rotatable bonds is 2. The Labute approximate surface area is 122 Å². The van der Waals surface area contributed by atoms with Crippen LogP contribution in [0.4, 0.5) is 0 Å². The van der Waals surface area contributed by atoms with Gasteiger partial charge in [-0.3, -0.25) is 5.10 Å². The first-order valence-electron chi connectivity index (χ1n) is 7.33. The van der Waals surface area contributed by atoms with Gasteiger partial charge in [-0.2, -0.15) is 5.10 Å². The smallest absolute Gasteiger partial charge is 0.159 e. The quantitative estimate of drug-likeness (QED) is 0.783. The number of allylic oxidation sites excluding steroid dienone is 2. The van der Waals surface area contributed by atoms with E-state index in [0.717, 1.165) is 40.8 Å². The maximum atomic E-state index is 4.88. The number of nitrogens with zero attached hydrogens (tertiary/aromatic N) is 4. The number of hydrogen-bond acceptors (Lipinski definition) is 3. The fourth-order valence-corrected chi connectivity index (χ4v) is 2.97. The zero-order chi connectivity index (χ0) is 14.2. The predicted molar refractivity (Wildman–Crippen MR) is 82.5 cm³/mol. The van der Waals surface area contributed by atoms with Gasteiger partial charge >= 0.3 is 0 Å². The average Bonchev–Trinajstić information content (AvgIpc) is 3.16. The Hall–Kier alpha value is -2.43. The molecule has 0 saturated carbocycles. The van der Waals surface area contributed by atoms with Crippen LogP contribution in [0.1, 0.15) is 31.4 Å². The van der Waals surface area contributed by atoms with Crippen LogP contribution in [0.3, 0.4) is 0 Å². The summed E-state index contributed by atoms with van der Waals surface area (Å²) in [5, 5.41) is 6.89. The molecule has 0 aromatic carbocycles. The minimum Gasteiger partial charge on any atom is -0.334 e. The van der Waals surface area contributed by atoms with Gasteiger partial charge in [-0.25, -0.2) is 9.97 Å². The maximum absolute atomic E-state index is 4.88. The lowest BCUT2D eigenvalue weighted by Crippen LogP contribution is -1.97. The largest absolute Gasteiger partial charge is 0.334 e. The second-order valence-electron chi connectivity index (χ2n) is 5.54. The highest BCUT2D eigenvalue weighted by Crippen LogP contribution is 2.30. The lowest BCUT2D eigenvalue weighted by atomic mass is 9.97. The predicted octanol–water partition coefficient (Wildman–Crippen LogP) is 3.32. The van der Waals surface area contributed by atoms with Gasteiger partial charge in [0.05, 0.1) is 18.1 Å². The minimum atomic E-state index is 0.909. The summed E-state index contributed by atoms with van der Waals surface area (Å²) in [6, 6.07) is 0. The molecular weight excluding hydrogens is 262 g/mol. The molecule has 0 radical (unpaired) electrons. The van der Waals surface area contributed by atoms with Gasteiger partial charge in [0, 0.05) is 30.6 Å². The SMILES string of the molecule is Cn1cc(-c2cn[nH]c2)c2nc(C3=CCCCC3)cnc21. The van der Waals surface area contributed by atoms with Crippen molar-refractivity contribution in [2.45, 2.75) is 25.7 Å². The van der Waals surface area contributed by atoms with E-state index >= 15 is 0 Å². The lowest BCUT2D eigenvalue weighted by Gasteiger charge is -2.11. The molecule has 0 saturated heterocycles. The second-order valence-corrected chi connectivity index (χ2v) is 5.54. The standard InChI is InChI=1S/C16H17N5/c1-21-10-13(12-7-18-19-8-12)15-16(21)17-9-14(20-15)11-5-3-2-4-6-11/h5,7-10H,2-4,6H2,1H3,(H,18,19). The number of hydrogen-bond donors (Lipinski definition) is 1. The number of H-pyrrole nitrogens is 1. The van der Waals surface area contributed by atoms with Crippen molar-refractivity contribution in [2.24, 2.45) is 7.05 Å². The summed E-state index contributed by atoms with van der Waals surface area (Å²) in [5.41, 5.74) is 6.32. The summed E-state index contributed by atoms with van der Waals surface area (Å²) >= 11 is 0. The summed E-state index contributed by atoms with van der Waals surface area (Å²) in [4.78, 5) is 9.50. The van der Waals surface area contributed by atoms with Gasteiger partial charge in [-0.15, -0.1) is 0 Å². The molecule has 3 aromatic rings. The third kappa shape index (κ3) is 2.05. The van der Waals surface area contributed by atoms with E-state index in [1.165, 1.54) is 18.4 Å². The summed E-state index contributed by atoms with van der Waals surface area (Å²) < 4.78 is 2.02. The van der Waals surface area contributed by atoms with Crippen molar-refractivity contribution < 1.29 is 0 Å². The Morgan fingerprint density at radius 3 is 2.95 bits per heavy atom. The molecule has 0 spiro atoms. The van der Waals surface area contributed by atoms with Gasteiger partial charge < -0.3 is 4.57 Å². The minimum absolute atomic E-state index is 0.909. The van der Waals surface area contributed by atoms with Crippen molar-refractivity contribution >= 4 is 16.7 Å². The fourth-order valence-electron chi connectivity index (χ4n) is 2.97. The molecule has 0 aliphatic heterocycles. The molecule has 0 amide bonds. The summed E-state index contributed by atoms with van der Waals surface area (Å²) in [5.74, 6) is 0. The summed E-state index contributed by atoms with van der Waals surface area (Å²) in [7, 11) is 2.00. The van der Waals surface area contributed by atoms with Crippen molar-refractivity contribution in [3.8, 4) is 11.1 Å². The topological polar surface area (TPSA) is 59.4 Å². The van der Waals surface area contributed by atoms with Crippen LogP contribution in [-0.4, -0.2) is 24.7 Å². The van der Waals surface area contributed by atoms with Crippen LogP contribution in [0, 0.1) is 0 Å².